The van der Waals surface area contributed by atoms with Crippen molar-refractivity contribution in [3.8, 4) is 0 Å². The van der Waals surface area contributed by atoms with Crippen molar-refractivity contribution in [1.82, 2.24) is 10.3 Å². The first-order chi connectivity index (χ1) is 7.36. The average molecular weight is 222 g/mol. The Morgan fingerprint density at radius 1 is 1.47 bits per heavy atom. The van der Waals surface area contributed by atoms with E-state index in [0.717, 1.165) is 6.54 Å². The van der Waals surface area contributed by atoms with Gasteiger partial charge in [0.15, 0.2) is 0 Å². The lowest BCUT2D eigenvalue weighted by molar-refractivity contribution is 0.481. The van der Waals surface area contributed by atoms with Gasteiger partial charge in [0.25, 0.3) is 0 Å². The summed E-state index contributed by atoms with van der Waals surface area (Å²) in [4.78, 5) is 4.17. The highest BCUT2D eigenvalue weighted by Crippen LogP contribution is 2.17. The van der Waals surface area contributed by atoms with Gasteiger partial charge in [-0.3, -0.25) is 4.98 Å². The van der Waals surface area contributed by atoms with Crippen molar-refractivity contribution in [1.29, 1.82) is 0 Å². The standard InChI is InChI=1S/C12H18N2S/c1-10-2-5-13-8-11(10)9-14-12-3-6-15-7-4-12/h2,5,8,12,14H,3-4,6-7,9H2,1H3. The van der Waals surface area contributed by atoms with Crippen LogP contribution in [0.15, 0.2) is 18.5 Å². The zero-order valence-corrected chi connectivity index (χ0v) is 10.0. The monoisotopic (exact) mass is 222 g/mol. The van der Waals surface area contributed by atoms with E-state index in [4.69, 9.17) is 0 Å². The number of pyridine rings is 1. The average Bonchev–Trinajstić information content (AvgIpc) is 2.29. The van der Waals surface area contributed by atoms with Crippen LogP contribution in [0.4, 0.5) is 0 Å². The third-order valence-corrected chi connectivity index (χ3v) is 4.00. The Bertz CT molecular complexity index is 308. The number of hydrogen-bond acceptors (Lipinski definition) is 3. The van der Waals surface area contributed by atoms with Gasteiger partial charge in [0.05, 0.1) is 0 Å². The molecule has 0 aliphatic carbocycles. The van der Waals surface area contributed by atoms with E-state index >= 15 is 0 Å². The minimum atomic E-state index is 0.714. The van der Waals surface area contributed by atoms with Gasteiger partial charge in [0, 0.05) is 25.0 Å². The molecule has 1 fully saturated rings. The van der Waals surface area contributed by atoms with Gasteiger partial charge in [0.1, 0.15) is 0 Å². The Kier molecular flexibility index (Phi) is 4.03. The Balaban J connectivity index is 1.84. The van der Waals surface area contributed by atoms with Crippen molar-refractivity contribution < 1.29 is 0 Å². The molecule has 1 aliphatic rings. The predicted molar refractivity (Wildman–Crippen MR) is 66.2 cm³/mol. The third kappa shape index (κ3) is 3.21. The fourth-order valence-electron chi connectivity index (χ4n) is 1.84. The van der Waals surface area contributed by atoms with Gasteiger partial charge in [-0.05, 0) is 48.5 Å². The Labute approximate surface area is 95.9 Å². The molecule has 2 heterocycles. The highest BCUT2D eigenvalue weighted by Gasteiger charge is 2.12. The molecular formula is C12H18N2S. The number of thioether (sulfide) groups is 1. The van der Waals surface area contributed by atoms with Crippen molar-refractivity contribution in [2.24, 2.45) is 0 Å². The van der Waals surface area contributed by atoms with Gasteiger partial charge in [-0.25, -0.2) is 0 Å². The summed E-state index contributed by atoms with van der Waals surface area (Å²) in [5, 5.41) is 3.63. The zero-order valence-electron chi connectivity index (χ0n) is 9.20. The third-order valence-electron chi connectivity index (χ3n) is 2.95. The number of aryl methyl sites for hydroxylation is 1. The molecule has 1 aromatic rings. The molecule has 0 radical (unpaired) electrons. The predicted octanol–water partition coefficient (Wildman–Crippen LogP) is 2.38. The molecule has 1 aromatic heterocycles. The molecular weight excluding hydrogens is 204 g/mol. The van der Waals surface area contributed by atoms with E-state index < -0.39 is 0 Å². The van der Waals surface area contributed by atoms with Gasteiger partial charge < -0.3 is 5.32 Å². The lowest BCUT2D eigenvalue weighted by Crippen LogP contribution is -2.32. The second-order valence-electron chi connectivity index (χ2n) is 4.07. The molecule has 0 spiro atoms. The number of nitrogens with one attached hydrogen (secondary N) is 1. The SMILES string of the molecule is Cc1ccncc1CNC1CCSCC1. The normalized spacial score (nSPS) is 17.9. The molecule has 0 aromatic carbocycles. The fourth-order valence-corrected chi connectivity index (χ4v) is 2.94. The van der Waals surface area contributed by atoms with Crippen molar-refractivity contribution >= 4 is 11.8 Å². The van der Waals surface area contributed by atoms with E-state index in [1.165, 1.54) is 35.5 Å². The molecule has 1 N–H and O–H groups in total. The summed E-state index contributed by atoms with van der Waals surface area (Å²) in [6.07, 6.45) is 6.45. The van der Waals surface area contributed by atoms with Crippen LogP contribution in [0.3, 0.4) is 0 Å². The van der Waals surface area contributed by atoms with Crippen molar-refractivity contribution in [3.63, 3.8) is 0 Å². The lowest BCUT2D eigenvalue weighted by atomic mass is 10.1. The van der Waals surface area contributed by atoms with Crippen molar-refractivity contribution in [2.75, 3.05) is 11.5 Å². The second kappa shape index (κ2) is 5.52. The number of rotatable bonds is 3. The van der Waals surface area contributed by atoms with Gasteiger partial charge in [0.2, 0.25) is 0 Å². The summed E-state index contributed by atoms with van der Waals surface area (Å²) in [5.41, 5.74) is 2.67. The quantitative estimate of drug-likeness (QED) is 0.850. The van der Waals surface area contributed by atoms with Crippen LogP contribution in [-0.2, 0) is 6.54 Å². The van der Waals surface area contributed by atoms with Crippen LogP contribution < -0.4 is 5.32 Å². The van der Waals surface area contributed by atoms with E-state index in [1.54, 1.807) is 0 Å². The minimum Gasteiger partial charge on any atom is -0.310 e. The van der Waals surface area contributed by atoms with Crippen LogP contribution in [-0.4, -0.2) is 22.5 Å². The largest absolute Gasteiger partial charge is 0.310 e. The Hall–Kier alpha value is -0.540. The Morgan fingerprint density at radius 3 is 3.00 bits per heavy atom. The van der Waals surface area contributed by atoms with Gasteiger partial charge in [-0.15, -0.1) is 0 Å². The van der Waals surface area contributed by atoms with Crippen LogP contribution in [0.5, 0.6) is 0 Å². The minimum absolute atomic E-state index is 0.714. The van der Waals surface area contributed by atoms with Gasteiger partial charge >= 0.3 is 0 Å². The van der Waals surface area contributed by atoms with E-state index in [1.807, 2.05) is 12.4 Å². The van der Waals surface area contributed by atoms with Crippen LogP contribution in [0.1, 0.15) is 24.0 Å². The molecule has 2 nitrogen and oxygen atoms in total. The molecule has 0 unspecified atom stereocenters. The molecule has 0 bridgehead atoms. The molecule has 15 heavy (non-hydrogen) atoms. The van der Waals surface area contributed by atoms with Crippen LogP contribution in [0, 0.1) is 6.92 Å². The molecule has 0 amide bonds. The van der Waals surface area contributed by atoms with Gasteiger partial charge in [-0.1, -0.05) is 0 Å². The highest BCUT2D eigenvalue weighted by molar-refractivity contribution is 7.99. The van der Waals surface area contributed by atoms with E-state index in [-0.39, 0.29) is 0 Å². The maximum atomic E-state index is 4.17. The summed E-state index contributed by atoms with van der Waals surface area (Å²) in [5.74, 6) is 2.62. The fraction of sp³-hybridized carbons (Fsp3) is 0.583. The summed E-state index contributed by atoms with van der Waals surface area (Å²) < 4.78 is 0. The first-order valence-corrected chi connectivity index (χ1v) is 6.72. The van der Waals surface area contributed by atoms with Crippen LogP contribution >= 0.6 is 11.8 Å². The molecule has 0 saturated carbocycles. The van der Waals surface area contributed by atoms with Gasteiger partial charge in [-0.2, -0.15) is 11.8 Å². The van der Waals surface area contributed by atoms with Crippen LogP contribution in [0.25, 0.3) is 0 Å². The summed E-state index contributed by atoms with van der Waals surface area (Å²) in [6.45, 7) is 3.12. The topological polar surface area (TPSA) is 24.9 Å². The van der Waals surface area contributed by atoms with Crippen molar-refractivity contribution in [2.45, 2.75) is 32.4 Å². The summed E-state index contributed by atoms with van der Waals surface area (Å²) >= 11 is 2.07. The molecule has 1 saturated heterocycles. The van der Waals surface area contributed by atoms with Crippen molar-refractivity contribution in [3.05, 3.63) is 29.6 Å². The summed E-state index contributed by atoms with van der Waals surface area (Å²) in [6, 6.07) is 2.79. The lowest BCUT2D eigenvalue weighted by Gasteiger charge is -2.22. The first kappa shape index (κ1) is 11.0. The first-order valence-electron chi connectivity index (χ1n) is 5.57. The van der Waals surface area contributed by atoms with Crippen LogP contribution in [0.2, 0.25) is 0 Å². The maximum Gasteiger partial charge on any atom is 0.0315 e. The second-order valence-corrected chi connectivity index (χ2v) is 5.29. The van der Waals surface area contributed by atoms with E-state index in [0.29, 0.717) is 6.04 Å². The molecule has 82 valence electrons. The molecule has 2 rings (SSSR count). The number of nitrogens with zero attached hydrogens (tertiary/aromatic N) is 1. The smallest absolute Gasteiger partial charge is 0.0315 e. The van der Waals surface area contributed by atoms with E-state index in [2.05, 4.69) is 35.1 Å². The van der Waals surface area contributed by atoms with E-state index in [9.17, 15) is 0 Å². The zero-order chi connectivity index (χ0) is 10.5. The summed E-state index contributed by atoms with van der Waals surface area (Å²) in [7, 11) is 0. The molecule has 3 heteroatoms. The molecule has 1 aliphatic heterocycles. The molecule has 0 atom stereocenters. The maximum absolute atomic E-state index is 4.17. The highest BCUT2D eigenvalue weighted by atomic mass is 32.2. The number of aromatic nitrogens is 1. The number of hydrogen-bond donors (Lipinski definition) is 1. The Morgan fingerprint density at radius 2 is 2.27 bits per heavy atom.